The molecule has 2 heterocycles. The van der Waals surface area contributed by atoms with E-state index in [1.807, 2.05) is 24.3 Å². The van der Waals surface area contributed by atoms with Crippen molar-refractivity contribution in [2.24, 2.45) is 0 Å². The molecule has 0 aliphatic carbocycles. The average Bonchev–Trinajstić information content (AvgIpc) is 3.07. The molecule has 0 saturated carbocycles. The van der Waals surface area contributed by atoms with Crippen molar-refractivity contribution in [1.29, 1.82) is 0 Å². The molecule has 0 bridgehead atoms. The van der Waals surface area contributed by atoms with Gasteiger partial charge in [-0.25, -0.2) is 15.0 Å². The van der Waals surface area contributed by atoms with Gasteiger partial charge in [0, 0.05) is 5.69 Å². The third kappa shape index (κ3) is 3.14. The molecule has 4 rings (SSSR count). The van der Waals surface area contributed by atoms with Crippen LogP contribution in [0.25, 0.3) is 16.9 Å². The maximum atomic E-state index is 12.9. The second kappa shape index (κ2) is 6.27. The summed E-state index contributed by atoms with van der Waals surface area (Å²) in [6.07, 6.45) is -1.57. The topological polar surface area (TPSA) is 81.6 Å². The lowest BCUT2D eigenvalue weighted by molar-refractivity contribution is -0.137. The minimum atomic E-state index is -4.43. The van der Waals surface area contributed by atoms with Gasteiger partial charge in [-0.2, -0.15) is 13.2 Å². The summed E-state index contributed by atoms with van der Waals surface area (Å²) in [6, 6.07) is 12.2. The van der Waals surface area contributed by atoms with Crippen molar-refractivity contribution < 1.29 is 13.2 Å². The van der Waals surface area contributed by atoms with Gasteiger partial charge in [0.05, 0.1) is 16.6 Å². The zero-order valence-corrected chi connectivity index (χ0v) is 13.8. The first kappa shape index (κ1) is 16.8. The summed E-state index contributed by atoms with van der Waals surface area (Å²) in [4.78, 5) is 12.5. The van der Waals surface area contributed by atoms with Crippen LogP contribution >= 0.6 is 0 Å². The highest BCUT2D eigenvalue weighted by atomic mass is 19.4. The van der Waals surface area contributed by atoms with E-state index in [4.69, 9.17) is 5.73 Å². The molecule has 0 fully saturated rings. The zero-order chi connectivity index (χ0) is 19.0. The Morgan fingerprint density at radius 2 is 1.78 bits per heavy atom. The van der Waals surface area contributed by atoms with Crippen LogP contribution in [0.2, 0.25) is 0 Å². The number of nitrogens with one attached hydrogen (secondary N) is 1. The molecule has 3 N–H and O–H groups in total. The van der Waals surface area contributed by atoms with Crippen molar-refractivity contribution in [3.05, 3.63) is 66.7 Å². The van der Waals surface area contributed by atoms with E-state index in [0.29, 0.717) is 5.82 Å². The molecular weight excluding hydrogens is 357 g/mol. The molecule has 0 saturated heterocycles. The third-order valence-electron chi connectivity index (χ3n) is 4.00. The Hall–Kier alpha value is -3.62. The first-order valence-corrected chi connectivity index (χ1v) is 7.91. The highest BCUT2D eigenvalue weighted by Crippen LogP contribution is 2.32. The van der Waals surface area contributed by atoms with Crippen molar-refractivity contribution >= 4 is 28.2 Å². The molecule has 4 aromatic rings. The summed E-state index contributed by atoms with van der Waals surface area (Å²) < 4.78 is 40.4. The number of nitrogen functional groups attached to an aromatic ring is 1. The van der Waals surface area contributed by atoms with Crippen LogP contribution in [0.4, 0.5) is 30.4 Å². The standard InChI is InChI=1S/C18H13F3N6/c19-18(20,21)11-4-3-5-12(8-11)26-16-15(22)17(24-9-23-16)27-10-25-13-6-1-2-7-14(13)27/h1-10H,22H2,(H,23,24,26). The number of aromatic nitrogens is 4. The van der Waals surface area contributed by atoms with Crippen molar-refractivity contribution in [2.45, 2.75) is 6.18 Å². The Morgan fingerprint density at radius 1 is 0.963 bits per heavy atom. The number of anilines is 3. The number of rotatable bonds is 3. The first-order valence-electron chi connectivity index (χ1n) is 7.91. The van der Waals surface area contributed by atoms with Gasteiger partial charge in [0.2, 0.25) is 0 Å². The van der Waals surface area contributed by atoms with E-state index in [0.717, 1.165) is 23.2 Å². The van der Waals surface area contributed by atoms with Crippen LogP contribution in [-0.2, 0) is 6.18 Å². The summed E-state index contributed by atoms with van der Waals surface area (Å²) in [6.45, 7) is 0. The van der Waals surface area contributed by atoms with Gasteiger partial charge in [0.25, 0.3) is 0 Å². The van der Waals surface area contributed by atoms with Gasteiger partial charge in [-0.05, 0) is 30.3 Å². The number of para-hydroxylation sites is 2. The normalized spacial score (nSPS) is 11.7. The van der Waals surface area contributed by atoms with Gasteiger partial charge < -0.3 is 11.1 Å². The number of hydrogen-bond donors (Lipinski definition) is 2. The number of halogens is 3. The highest BCUT2D eigenvalue weighted by molar-refractivity contribution is 5.81. The monoisotopic (exact) mass is 370 g/mol. The van der Waals surface area contributed by atoms with Gasteiger partial charge in [-0.15, -0.1) is 0 Å². The van der Waals surface area contributed by atoms with E-state index in [1.165, 1.54) is 18.5 Å². The van der Waals surface area contributed by atoms with E-state index in [-0.39, 0.29) is 17.2 Å². The maximum absolute atomic E-state index is 12.9. The van der Waals surface area contributed by atoms with E-state index >= 15 is 0 Å². The van der Waals surface area contributed by atoms with Crippen molar-refractivity contribution in [3.63, 3.8) is 0 Å². The molecule has 2 aromatic carbocycles. The Balaban J connectivity index is 1.73. The van der Waals surface area contributed by atoms with Crippen LogP contribution in [0.5, 0.6) is 0 Å². The second-order valence-corrected chi connectivity index (χ2v) is 5.77. The molecule has 0 aliphatic rings. The Labute approximate surface area is 151 Å². The van der Waals surface area contributed by atoms with Gasteiger partial charge in [-0.1, -0.05) is 18.2 Å². The number of nitrogens with two attached hydrogens (primary N) is 1. The quantitative estimate of drug-likeness (QED) is 0.566. The highest BCUT2D eigenvalue weighted by Gasteiger charge is 2.30. The minimum absolute atomic E-state index is 0.193. The molecule has 0 radical (unpaired) electrons. The van der Waals surface area contributed by atoms with E-state index in [9.17, 15) is 13.2 Å². The average molecular weight is 370 g/mol. The van der Waals surface area contributed by atoms with Gasteiger partial charge in [0.15, 0.2) is 11.6 Å². The SMILES string of the molecule is Nc1c(Nc2cccc(C(F)(F)F)c2)ncnc1-n1cnc2ccccc21. The van der Waals surface area contributed by atoms with E-state index < -0.39 is 11.7 Å². The molecule has 136 valence electrons. The molecule has 0 aliphatic heterocycles. The fourth-order valence-electron chi connectivity index (χ4n) is 2.72. The predicted molar refractivity (Wildman–Crippen MR) is 95.8 cm³/mol. The summed E-state index contributed by atoms with van der Waals surface area (Å²) >= 11 is 0. The number of hydrogen-bond acceptors (Lipinski definition) is 5. The lowest BCUT2D eigenvalue weighted by atomic mass is 10.2. The molecule has 0 spiro atoms. The zero-order valence-electron chi connectivity index (χ0n) is 13.8. The Morgan fingerprint density at radius 3 is 2.59 bits per heavy atom. The van der Waals surface area contributed by atoms with Crippen LogP contribution in [-0.4, -0.2) is 19.5 Å². The lowest BCUT2D eigenvalue weighted by Gasteiger charge is -2.13. The maximum Gasteiger partial charge on any atom is 0.416 e. The van der Waals surface area contributed by atoms with E-state index in [1.54, 1.807) is 10.9 Å². The summed E-state index contributed by atoms with van der Waals surface area (Å²) in [5.41, 5.74) is 7.39. The largest absolute Gasteiger partial charge is 0.416 e. The van der Waals surface area contributed by atoms with Crippen LogP contribution < -0.4 is 11.1 Å². The Bertz CT molecular complexity index is 1120. The molecule has 2 aromatic heterocycles. The predicted octanol–water partition coefficient (Wildman–Crippen LogP) is 4.16. The van der Waals surface area contributed by atoms with Crippen molar-refractivity contribution in [1.82, 2.24) is 19.5 Å². The summed E-state index contributed by atoms with van der Waals surface area (Å²) in [5, 5.41) is 2.83. The van der Waals surface area contributed by atoms with Gasteiger partial charge in [-0.3, -0.25) is 4.57 Å². The molecule has 0 atom stereocenters. The molecule has 0 amide bonds. The number of alkyl halides is 3. The smallest absolute Gasteiger partial charge is 0.393 e. The molecule has 9 heteroatoms. The van der Waals surface area contributed by atoms with Gasteiger partial charge in [0.1, 0.15) is 18.3 Å². The molecule has 0 unspecified atom stereocenters. The number of benzene rings is 2. The third-order valence-corrected chi connectivity index (χ3v) is 4.00. The number of fused-ring (bicyclic) bond motifs is 1. The lowest BCUT2D eigenvalue weighted by Crippen LogP contribution is -2.08. The fraction of sp³-hybridized carbons (Fsp3) is 0.0556. The van der Waals surface area contributed by atoms with Gasteiger partial charge >= 0.3 is 6.18 Å². The summed E-state index contributed by atoms with van der Waals surface area (Å²) in [5.74, 6) is 0.588. The van der Waals surface area contributed by atoms with Crippen molar-refractivity contribution in [2.75, 3.05) is 11.1 Å². The first-order chi connectivity index (χ1) is 12.9. The van der Waals surface area contributed by atoms with Crippen molar-refractivity contribution in [3.8, 4) is 5.82 Å². The van der Waals surface area contributed by atoms with Crippen LogP contribution in [0.3, 0.4) is 0 Å². The van der Waals surface area contributed by atoms with Crippen LogP contribution in [0.1, 0.15) is 5.56 Å². The summed E-state index contributed by atoms with van der Waals surface area (Å²) in [7, 11) is 0. The molecule has 27 heavy (non-hydrogen) atoms. The van der Waals surface area contributed by atoms with Crippen LogP contribution in [0, 0.1) is 0 Å². The fourth-order valence-corrected chi connectivity index (χ4v) is 2.72. The Kier molecular flexibility index (Phi) is 3.91. The minimum Gasteiger partial charge on any atom is -0.393 e. The number of nitrogens with zero attached hydrogens (tertiary/aromatic N) is 4. The molecular formula is C18H13F3N6. The van der Waals surface area contributed by atoms with Crippen LogP contribution in [0.15, 0.2) is 61.2 Å². The number of imidazole rings is 1. The van der Waals surface area contributed by atoms with E-state index in [2.05, 4.69) is 20.3 Å². The molecule has 6 nitrogen and oxygen atoms in total. The second-order valence-electron chi connectivity index (χ2n) is 5.77.